The summed E-state index contributed by atoms with van der Waals surface area (Å²) in [5.74, 6) is 0.794. The number of amides is 1. The van der Waals surface area contributed by atoms with Crippen LogP contribution >= 0.6 is 11.3 Å². The molecule has 2 aromatic carbocycles. The van der Waals surface area contributed by atoms with Crippen LogP contribution in [-0.2, 0) is 10.0 Å². The van der Waals surface area contributed by atoms with Crippen LogP contribution in [0.4, 0.5) is 5.13 Å². The molecule has 11 heteroatoms. The summed E-state index contributed by atoms with van der Waals surface area (Å²) in [5.41, 5.74) is 1.01. The third-order valence-electron chi connectivity index (χ3n) is 4.18. The first kappa shape index (κ1) is 21.7. The van der Waals surface area contributed by atoms with Crippen LogP contribution in [0.15, 0.2) is 47.4 Å². The second-order valence-corrected chi connectivity index (χ2v) is 9.37. The Morgan fingerprint density at radius 1 is 1.03 bits per heavy atom. The standard InChI is InChI=1S/C19H20N4O5S2/c1-23(2)30(25,26)14-8-5-12(6-9-14)17(24)20-19-22-21-18(29-19)15-10-7-13(27-3)11-16(15)28-4/h5-11H,1-4H3,(H,20,22,24). The molecule has 1 heterocycles. The van der Waals surface area contributed by atoms with E-state index in [1.807, 2.05) is 0 Å². The Kier molecular flexibility index (Phi) is 6.34. The van der Waals surface area contributed by atoms with Gasteiger partial charge in [-0.3, -0.25) is 10.1 Å². The van der Waals surface area contributed by atoms with Gasteiger partial charge in [-0.1, -0.05) is 11.3 Å². The van der Waals surface area contributed by atoms with Gasteiger partial charge in [0.25, 0.3) is 5.91 Å². The Labute approximate surface area is 178 Å². The van der Waals surface area contributed by atoms with E-state index in [0.29, 0.717) is 27.2 Å². The first-order valence-electron chi connectivity index (χ1n) is 8.66. The average molecular weight is 449 g/mol. The minimum atomic E-state index is -3.56. The Morgan fingerprint density at radius 2 is 1.73 bits per heavy atom. The topological polar surface area (TPSA) is 111 Å². The predicted octanol–water partition coefficient (Wildman–Crippen LogP) is 2.72. The van der Waals surface area contributed by atoms with Gasteiger partial charge in [0.15, 0.2) is 5.01 Å². The number of benzene rings is 2. The van der Waals surface area contributed by atoms with Gasteiger partial charge in [0.05, 0.1) is 24.7 Å². The predicted molar refractivity (Wildman–Crippen MR) is 114 cm³/mol. The molecule has 0 spiro atoms. The molecule has 0 radical (unpaired) electrons. The molecule has 0 fully saturated rings. The lowest BCUT2D eigenvalue weighted by molar-refractivity contribution is 0.102. The van der Waals surface area contributed by atoms with Crippen molar-refractivity contribution >= 4 is 32.4 Å². The summed E-state index contributed by atoms with van der Waals surface area (Å²) in [4.78, 5) is 12.6. The maximum Gasteiger partial charge on any atom is 0.257 e. The summed E-state index contributed by atoms with van der Waals surface area (Å²) < 4.78 is 35.9. The maximum atomic E-state index is 12.5. The SMILES string of the molecule is COc1ccc(-c2nnc(NC(=O)c3ccc(S(=O)(=O)N(C)C)cc3)s2)c(OC)c1. The van der Waals surface area contributed by atoms with E-state index < -0.39 is 15.9 Å². The van der Waals surface area contributed by atoms with Crippen molar-refractivity contribution in [2.24, 2.45) is 0 Å². The zero-order chi connectivity index (χ0) is 21.9. The van der Waals surface area contributed by atoms with Gasteiger partial charge in [0, 0.05) is 25.7 Å². The Balaban J connectivity index is 1.77. The number of ether oxygens (including phenoxy) is 2. The number of sulfonamides is 1. The summed E-state index contributed by atoms with van der Waals surface area (Å²) in [6.45, 7) is 0. The summed E-state index contributed by atoms with van der Waals surface area (Å²) in [6, 6.07) is 11.0. The Bertz CT molecular complexity index is 1160. The molecular formula is C19H20N4O5S2. The van der Waals surface area contributed by atoms with Crippen molar-refractivity contribution in [2.45, 2.75) is 4.90 Å². The van der Waals surface area contributed by atoms with Crippen molar-refractivity contribution < 1.29 is 22.7 Å². The Hall–Kier alpha value is -3.02. The number of anilines is 1. The summed E-state index contributed by atoms with van der Waals surface area (Å²) in [6.07, 6.45) is 0. The van der Waals surface area contributed by atoms with Crippen molar-refractivity contribution in [3.63, 3.8) is 0 Å². The highest BCUT2D eigenvalue weighted by Crippen LogP contribution is 2.36. The van der Waals surface area contributed by atoms with Gasteiger partial charge in [0.2, 0.25) is 15.2 Å². The molecule has 0 aliphatic rings. The lowest BCUT2D eigenvalue weighted by Gasteiger charge is -2.11. The van der Waals surface area contributed by atoms with Crippen molar-refractivity contribution in [1.29, 1.82) is 0 Å². The molecule has 0 aliphatic carbocycles. The molecule has 1 amide bonds. The van der Waals surface area contributed by atoms with Crippen molar-refractivity contribution in [2.75, 3.05) is 33.6 Å². The molecule has 0 saturated carbocycles. The van der Waals surface area contributed by atoms with Crippen LogP contribution < -0.4 is 14.8 Å². The van der Waals surface area contributed by atoms with Crippen LogP contribution in [0.5, 0.6) is 11.5 Å². The lowest BCUT2D eigenvalue weighted by Crippen LogP contribution is -2.22. The molecule has 0 unspecified atom stereocenters. The zero-order valence-electron chi connectivity index (χ0n) is 16.7. The average Bonchev–Trinajstić information content (AvgIpc) is 3.21. The third kappa shape index (κ3) is 4.42. The third-order valence-corrected chi connectivity index (χ3v) is 6.88. The molecular weight excluding hydrogens is 428 g/mol. The number of nitrogens with zero attached hydrogens (tertiary/aromatic N) is 3. The van der Waals surface area contributed by atoms with Gasteiger partial charge in [-0.2, -0.15) is 0 Å². The van der Waals surface area contributed by atoms with Gasteiger partial charge in [-0.05, 0) is 36.4 Å². The molecule has 1 aromatic heterocycles. The number of aromatic nitrogens is 2. The van der Waals surface area contributed by atoms with E-state index in [9.17, 15) is 13.2 Å². The molecule has 9 nitrogen and oxygen atoms in total. The van der Waals surface area contributed by atoms with Crippen LogP contribution in [0.25, 0.3) is 10.6 Å². The summed E-state index contributed by atoms with van der Waals surface area (Å²) in [5, 5.41) is 11.7. The second kappa shape index (κ2) is 8.78. The monoisotopic (exact) mass is 448 g/mol. The first-order valence-corrected chi connectivity index (χ1v) is 10.9. The van der Waals surface area contributed by atoms with Crippen LogP contribution in [0.1, 0.15) is 10.4 Å². The number of methoxy groups -OCH3 is 2. The van der Waals surface area contributed by atoms with Gasteiger partial charge in [-0.25, -0.2) is 12.7 Å². The van der Waals surface area contributed by atoms with Crippen molar-refractivity contribution in [3.8, 4) is 22.1 Å². The molecule has 1 N–H and O–H groups in total. The highest BCUT2D eigenvalue weighted by Gasteiger charge is 2.18. The molecule has 3 aromatic rings. The minimum absolute atomic E-state index is 0.105. The van der Waals surface area contributed by atoms with Gasteiger partial charge in [0.1, 0.15) is 11.5 Å². The van der Waals surface area contributed by atoms with Crippen LogP contribution in [0.3, 0.4) is 0 Å². The smallest absolute Gasteiger partial charge is 0.257 e. The zero-order valence-corrected chi connectivity index (χ0v) is 18.4. The van der Waals surface area contributed by atoms with E-state index >= 15 is 0 Å². The lowest BCUT2D eigenvalue weighted by atomic mass is 10.2. The van der Waals surface area contributed by atoms with Crippen LogP contribution in [0, 0.1) is 0 Å². The molecule has 0 saturated heterocycles. The van der Waals surface area contributed by atoms with Crippen LogP contribution in [-0.4, -0.2) is 57.1 Å². The van der Waals surface area contributed by atoms with Crippen molar-refractivity contribution in [1.82, 2.24) is 14.5 Å². The van der Waals surface area contributed by atoms with Crippen LogP contribution in [0.2, 0.25) is 0 Å². The molecule has 30 heavy (non-hydrogen) atoms. The molecule has 0 atom stereocenters. The van der Waals surface area contributed by atoms with Crippen molar-refractivity contribution in [3.05, 3.63) is 48.0 Å². The minimum Gasteiger partial charge on any atom is -0.497 e. The van der Waals surface area contributed by atoms with E-state index in [0.717, 1.165) is 9.87 Å². The quantitative estimate of drug-likeness (QED) is 0.592. The first-order chi connectivity index (χ1) is 14.3. The summed E-state index contributed by atoms with van der Waals surface area (Å²) >= 11 is 1.19. The van der Waals surface area contributed by atoms with E-state index in [2.05, 4.69) is 15.5 Å². The highest BCUT2D eigenvalue weighted by molar-refractivity contribution is 7.89. The Morgan fingerprint density at radius 3 is 2.33 bits per heavy atom. The van der Waals surface area contributed by atoms with E-state index in [1.54, 1.807) is 32.4 Å². The number of hydrogen-bond donors (Lipinski definition) is 1. The second-order valence-electron chi connectivity index (χ2n) is 6.24. The van der Waals surface area contributed by atoms with Gasteiger partial charge >= 0.3 is 0 Å². The maximum absolute atomic E-state index is 12.5. The number of nitrogens with one attached hydrogen (secondary N) is 1. The summed E-state index contributed by atoms with van der Waals surface area (Å²) in [7, 11) is 2.44. The van der Waals surface area contributed by atoms with Gasteiger partial charge < -0.3 is 9.47 Å². The molecule has 158 valence electrons. The number of carbonyl (C=O) groups is 1. The van der Waals surface area contributed by atoms with E-state index in [1.165, 1.54) is 49.7 Å². The number of hydrogen-bond acceptors (Lipinski definition) is 8. The fraction of sp³-hybridized carbons (Fsp3) is 0.211. The van der Waals surface area contributed by atoms with E-state index in [-0.39, 0.29) is 4.90 Å². The number of rotatable bonds is 7. The molecule has 3 rings (SSSR count). The number of carbonyl (C=O) groups excluding carboxylic acids is 1. The normalized spacial score (nSPS) is 11.4. The fourth-order valence-electron chi connectivity index (χ4n) is 2.52. The highest BCUT2D eigenvalue weighted by atomic mass is 32.2. The largest absolute Gasteiger partial charge is 0.497 e. The van der Waals surface area contributed by atoms with E-state index in [4.69, 9.17) is 9.47 Å². The van der Waals surface area contributed by atoms with Gasteiger partial charge in [-0.15, -0.1) is 10.2 Å². The fourth-order valence-corrected chi connectivity index (χ4v) is 4.19. The molecule has 0 bridgehead atoms. The molecule has 0 aliphatic heterocycles.